The third-order valence-corrected chi connectivity index (χ3v) is 4.39. The van der Waals surface area contributed by atoms with Crippen LogP contribution in [0.4, 0.5) is 5.69 Å². The summed E-state index contributed by atoms with van der Waals surface area (Å²) < 4.78 is 5.29. The van der Waals surface area contributed by atoms with Crippen LogP contribution >= 0.6 is 0 Å². The van der Waals surface area contributed by atoms with Crippen LogP contribution < -0.4 is 10.1 Å². The molecule has 1 saturated carbocycles. The number of ether oxygens (including phenoxy) is 1. The topological polar surface area (TPSA) is 58.6 Å². The molecule has 0 spiro atoms. The molecule has 0 saturated heterocycles. The molecule has 0 aromatic heterocycles. The second kappa shape index (κ2) is 7.02. The van der Waals surface area contributed by atoms with Gasteiger partial charge in [-0.2, -0.15) is 0 Å². The molecule has 1 fully saturated rings. The summed E-state index contributed by atoms with van der Waals surface area (Å²) in [5.74, 6) is 0.302. The number of hydrogen-bond acceptors (Lipinski definition) is 3. The largest absolute Gasteiger partial charge is 0.495 e. The highest BCUT2D eigenvalue weighted by atomic mass is 16.5. The second-order valence-corrected chi connectivity index (χ2v) is 6.32. The molecule has 1 aromatic rings. The van der Waals surface area contributed by atoms with Gasteiger partial charge in [-0.25, -0.2) is 0 Å². The predicted octanol–water partition coefficient (Wildman–Crippen LogP) is 2.98. The fourth-order valence-electron chi connectivity index (χ4n) is 2.69. The van der Waals surface area contributed by atoms with Gasteiger partial charge in [-0.05, 0) is 43.9 Å². The maximum atomic E-state index is 12.7. The number of carbonyl (C=O) groups is 2. The van der Waals surface area contributed by atoms with E-state index >= 15 is 0 Å². The van der Waals surface area contributed by atoms with Crippen molar-refractivity contribution in [1.82, 2.24) is 4.90 Å². The first-order valence-corrected chi connectivity index (χ1v) is 8.16. The van der Waals surface area contributed by atoms with Crippen molar-refractivity contribution in [2.45, 2.75) is 39.5 Å². The van der Waals surface area contributed by atoms with E-state index in [0.29, 0.717) is 30.8 Å². The average molecular weight is 318 g/mol. The fraction of sp³-hybridized carbons (Fsp3) is 0.556. The van der Waals surface area contributed by atoms with E-state index in [2.05, 4.69) is 12.2 Å². The summed E-state index contributed by atoms with van der Waals surface area (Å²) in [7, 11) is 3.34. The number of nitrogens with one attached hydrogen (secondary N) is 1. The van der Waals surface area contributed by atoms with Crippen LogP contribution in [0.2, 0.25) is 0 Å². The van der Waals surface area contributed by atoms with E-state index < -0.39 is 5.41 Å². The molecule has 5 nitrogen and oxygen atoms in total. The van der Waals surface area contributed by atoms with Gasteiger partial charge >= 0.3 is 0 Å². The average Bonchev–Trinajstić information content (AvgIpc) is 3.34. The van der Waals surface area contributed by atoms with Crippen molar-refractivity contribution in [1.29, 1.82) is 0 Å². The van der Waals surface area contributed by atoms with Crippen molar-refractivity contribution in [3.63, 3.8) is 0 Å². The van der Waals surface area contributed by atoms with Crippen LogP contribution in [0.5, 0.6) is 5.75 Å². The summed E-state index contributed by atoms with van der Waals surface area (Å²) in [4.78, 5) is 27.0. The molecule has 0 unspecified atom stereocenters. The first kappa shape index (κ1) is 17.3. The Labute approximate surface area is 138 Å². The van der Waals surface area contributed by atoms with Gasteiger partial charge in [0.25, 0.3) is 0 Å². The Morgan fingerprint density at radius 2 is 2.04 bits per heavy atom. The SMILES string of the molecule is CCCCN(C)C(=O)C1(C(=O)Nc2cc(C)ccc2OC)CC1. The molecule has 1 aromatic carbocycles. The highest BCUT2D eigenvalue weighted by Gasteiger charge is 2.57. The van der Waals surface area contributed by atoms with E-state index in [-0.39, 0.29) is 11.8 Å². The monoisotopic (exact) mass is 318 g/mol. The second-order valence-electron chi connectivity index (χ2n) is 6.32. The molecule has 2 amide bonds. The highest BCUT2D eigenvalue weighted by molar-refractivity contribution is 6.13. The number of unbranched alkanes of at least 4 members (excludes halogenated alkanes) is 1. The van der Waals surface area contributed by atoms with Gasteiger partial charge < -0.3 is 15.0 Å². The lowest BCUT2D eigenvalue weighted by Crippen LogP contribution is -2.41. The van der Waals surface area contributed by atoms with E-state index in [0.717, 1.165) is 18.4 Å². The molecule has 0 heterocycles. The number of aryl methyl sites for hydroxylation is 1. The van der Waals surface area contributed by atoms with Gasteiger partial charge in [0.2, 0.25) is 11.8 Å². The molecule has 2 rings (SSSR count). The normalized spacial score (nSPS) is 15.0. The summed E-state index contributed by atoms with van der Waals surface area (Å²) in [5, 5.41) is 2.89. The number of methoxy groups -OCH3 is 1. The lowest BCUT2D eigenvalue weighted by molar-refractivity contribution is -0.141. The van der Waals surface area contributed by atoms with Gasteiger partial charge in [-0.1, -0.05) is 19.4 Å². The van der Waals surface area contributed by atoms with Crippen molar-refractivity contribution in [3.8, 4) is 5.75 Å². The Morgan fingerprint density at radius 1 is 1.35 bits per heavy atom. The number of benzene rings is 1. The third kappa shape index (κ3) is 3.66. The molecule has 5 heteroatoms. The molecular formula is C18H26N2O3. The summed E-state index contributed by atoms with van der Waals surface area (Å²) in [6.07, 6.45) is 3.20. The predicted molar refractivity (Wildman–Crippen MR) is 90.6 cm³/mol. The van der Waals surface area contributed by atoms with E-state index in [1.54, 1.807) is 19.1 Å². The zero-order chi connectivity index (χ0) is 17.0. The summed E-state index contributed by atoms with van der Waals surface area (Å²) in [5.41, 5.74) is 0.752. The van der Waals surface area contributed by atoms with E-state index in [9.17, 15) is 9.59 Å². The summed E-state index contributed by atoms with van der Waals surface area (Å²) in [6.45, 7) is 4.73. The Hall–Kier alpha value is -2.04. The van der Waals surface area contributed by atoms with Crippen molar-refractivity contribution in [3.05, 3.63) is 23.8 Å². The van der Waals surface area contributed by atoms with E-state index in [1.807, 2.05) is 25.1 Å². The first-order valence-electron chi connectivity index (χ1n) is 8.16. The highest BCUT2D eigenvalue weighted by Crippen LogP contribution is 2.48. The molecule has 0 bridgehead atoms. The minimum atomic E-state index is -0.892. The molecule has 1 aliphatic carbocycles. The lowest BCUT2D eigenvalue weighted by atomic mass is 10.0. The Bertz CT molecular complexity index is 594. The molecule has 23 heavy (non-hydrogen) atoms. The zero-order valence-corrected chi connectivity index (χ0v) is 14.4. The van der Waals surface area contributed by atoms with Gasteiger partial charge in [0.15, 0.2) is 0 Å². The molecule has 1 aliphatic rings. The number of anilines is 1. The molecule has 0 radical (unpaired) electrons. The number of nitrogens with zero attached hydrogens (tertiary/aromatic N) is 1. The number of carbonyl (C=O) groups excluding carboxylic acids is 2. The van der Waals surface area contributed by atoms with Crippen LogP contribution in [-0.4, -0.2) is 37.4 Å². The van der Waals surface area contributed by atoms with Crippen LogP contribution in [-0.2, 0) is 9.59 Å². The minimum Gasteiger partial charge on any atom is -0.495 e. The van der Waals surface area contributed by atoms with Crippen molar-refractivity contribution >= 4 is 17.5 Å². The molecule has 0 aliphatic heterocycles. The molecular weight excluding hydrogens is 292 g/mol. The zero-order valence-electron chi connectivity index (χ0n) is 14.4. The van der Waals surface area contributed by atoms with Crippen LogP contribution in [0.3, 0.4) is 0 Å². The van der Waals surface area contributed by atoms with Gasteiger partial charge in [-0.15, -0.1) is 0 Å². The Balaban J connectivity index is 2.11. The summed E-state index contributed by atoms with van der Waals surface area (Å²) >= 11 is 0. The fourth-order valence-corrected chi connectivity index (χ4v) is 2.69. The van der Waals surface area contributed by atoms with E-state index in [1.165, 1.54) is 0 Å². The van der Waals surface area contributed by atoms with Gasteiger partial charge in [0.1, 0.15) is 11.2 Å². The Kier molecular flexibility index (Phi) is 5.29. The number of rotatable bonds is 7. The third-order valence-electron chi connectivity index (χ3n) is 4.39. The first-order chi connectivity index (χ1) is 10.9. The van der Waals surface area contributed by atoms with Crippen molar-refractivity contribution < 1.29 is 14.3 Å². The standard InChI is InChI=1S/C18H26N2O3/c1-5-6-11-20(3)17(22)18(9-10-18)16(21)19-14-12-13(2)7-8-15(14)23-4/h7-8,12H,5-6,9-11H2,1-4H3,(H,19,21). The van der Waals surface area contributed by atoms with Crippen molar-refractivity contribution in [2.75, 3.05) is 26.0 Å². The smallest absolute Gasteiger partial charge is 0.240 e. The van der Waals surface area contributed by atoms with Crippen LogP contribution in [0, 0.1) is 12.3 Å². The van der Waals surface area contributed by atoms with Crippen molar-refractivity contribution in [2.24, 2.45) is 5.41 Å². The van der Waals surface area contributed by atoms with Gasteiger partial charge in [0.05, 0.1) is 12.8 Å². The Morgan fingerprint density at radius 3 is 2.61 bits per heavy atom. The van der Waals surface area contributed by atoms with Gasteiger partial charge in [-0.3, -0.25) is 9.59 Å². The van der Waals surface area contributed by atoms with E-state index in [4.69, 9.17) is 4.74 Å². The maximum absolute atomic E-state index is 12.7. The molecule has 126 valence electrons. The summed E-state index contributed by atoms with van der Waals surface area (Å²) in [6, 6.07) is 5.60. The molecule has 1 N–H and O–H groups in total. The molecule has 0 atom stereocenters. The maximum Gasteiger partial charge on any atom is 0.240 e. The van der Waals surface area contributed by atoms with Crippen LogP contribution in [0.15, 0.2) is 18.2 Å². The van der Waals surface area contributed by atoms with Gasteiger partial charge in [0, 0.05) is 13.6 Å². The van der Waals surface area contributed by atoms with Crippen LogP contribution in [0.1, 0.15) is 38.2 Å². The lowest BCUT2D eigenvalue weighted by Gasteiger charge is -2.23. The minimum absolute atomic E-state index is 0.0740. The van der Waals surface area contributed by atoms with Crippen LogP contribution in [0.25, 0.3) is 0 Å². The quantitative estimate of drug-likeness (QED) is 0.786. The number of amides is 2. The number of hydrogen-bond donors (Lipinski definition) is 1.